The van der Waals surface area contributed by atoms with E-state index in [1.807, 2.05) is 44.2 Å². The van der Waals surface area contributed by atoms with E-state index in [4.69, 9.17) is 23.2 Å². The molecule has 0 radical (unpaired) electrons. The van der Waals surface area contributed by atoms with Gasteiger partial charge in [0, 0.05) is 13.1 Å². The van der Waals surface area contributed by atoms with E-state index >= 15 is 0 Å². The van der Waals surface area contributed by atoms with Gasteiger partial charge in [-0.2, -0.15) is 0 Å². The molecule has 168 valence electrons. The Morgan fingerprint density at radius 1 is 1.09 bits per heavy atom. The Balaban J connectivity index is 1.98. The average Bonchev–Trinajstić information content (AvgIpc) is 3.05. The lowest BCUT2D eigenvalue weighted by Crippen LogP contribution is -2.38. The summed E-state index contributed by atoms with van der Waals surface area (Å²) in [6.07, 6.45) is 3.05. The zero-order valence-electron chi connectivity index (χ0n) is 18.1. The van der Waals surface area contributed by atoms with Crippen LogP contribution < -0.4 is 0 Å². The molecule has 1 aliphatic rings. The molecule has 3 rings (SSSR count). The third kappa shape index (κ3) is 5.23. The fourth-order valence-corrected chi connectivity index (χ4v) is 4.09. The molecule has 1 unspecified atom stereocenters. The monoisotopic (exact) mass is 472 g/mol. The minimum atomic E-state index is -0.749. The maximum Gasteiger partial charge on any atom is 0.290 e. The molecule has 0 bridgehead atoms. The topological polar surface area (TPSA) is 60.9 Å². The van der Waals surface area contributed by atoms with Crippen LogP contribution in [0.4, 0.5) is 0 Å². The number of aliphatic hydroxyl groups excluding tert-OH is 1. The van der Waals surface area contributed by atoms with E-state index in [-0.39, 0.29) is 5.57 Å². The van der Waals surface area contributed by atoms with Crippen LogP contribution in [-0.4, -0.2) is 52.8 Å². The number of rotatable bonds is 9. The Bertz CT molecular complexity index is 1050. The van der Waals surface area contributed by atoms with Crippen molar-refractivity contribution in [2.24, 2.45) is 0 Å². The average molecular weight is 473 g/mol. The molecule has 1 N–H and O–H groups in total. The van der Waals surface area contributed by atoms with Gasteiger partial charge in [0.05, 0.1) is 21.7 Å². The summed E-state index contributed by atoms with van der Waals surface area (Å²) >= 11 is 12.3. The quantitative estimate of drug-likeness (QED) is 0.502. The molecule has 5 nitrogen and oxygen atoms in total. The van der Waals surface area contributed by atoms with Crippen molar-refractivity contribution >= 4 is 41.0 Å². The van der Waals surface area contributed by atoms with Crippen LogP contribution in [0.3, 0.4) is 0 Å². The van der Waals surface area contributed by atoms with Gasteiger partial charge in [0.1, 0.15) is 0 Å². The fourth-order valence-electron chi connectivity index (χ4n) is 3.78. The van der Waals surface area contributed by atoms with Crippen molar-refractivity contribution in [2.45, 2.75) is 19.9 Å². The number of hydrogen-bond donors (Lipinski definition) is 1. The molecule has 7 heteroatoms. The van der Waals surface area contributed by atoms with E-state index in [2.05, 4.69) is 4.90 Å². The third-order valence-electron chi connectivity index (χ3n) is 5.61. The van der Waals surface area contributed by atoms with Gasteiger partial charge in [-0.1, -0.05) is 79.5 Å². The van der Waals surface area contributed by atoms with Gasteiger partial charge in [0.25, 0.3) is 5.91 Å². The highest BCUT2D eigenvalue weighted by Gasteiger charge is 2.42. The Labute approximate surface area is 198 Å². The van der Waals surface area contributed by atoms with Gasteiger partial charge >= 0.3 is 0 Å². The molecule has 1 amide bonds. The maximum atomic E-state index is 13.2. The molecule has 0 aliphatic carbocycles. The van der Waals surface area contributed by atoms with E-state index in [0.29, 0.717) is 28.7 Å². The Morgan fingerprint density at radius 3 is 2.41 bits per heavy atom. The molecule has 1 atom stereocenters. The molecule has 0 spiro atoms. The number of halogens is 2. The highest BCUT2D eigenvalue weighted by molar-refractivity contribution is 6.42. The van der Waals surface area contributed by atoms with Gasteiger partial charge in [-0.15, -0.1) is 0 Å². The van der Waals surface area contributed by atoms with Crippen molar-refractivity contribution in [1.29, 1.82) is 0 Å². The van der Waals surface area contributed by atoms with Gasteiger partial charge in [0.15, 0.2) is 11.5 Å². The minimum absolute atomic E-state index is 0.0418. The summed E-state index contributed by atoms with van der Waals surface area (Å²) in [5.41, 5.74) is 1.50. The zero-order chi connectivity index (χ0) is 23.3. The molecular formula is C25H26Cl2N2O3. The van der Waals surface area contributed by atoms with Crippen molar-refractivity contribution < 1.29 is 14.7 Å². The summed E-state index contributed by atoms with van der Waals surface area (Å²) < 4.78 is 0. The largest absolute Gasteiger partial charge is 0.503 e. The van der Waals surface area contributed by atoms with Crippen molar-refractivity contribution in [3.05, 3.63) is 87.1 Å². The number of benzene rings is 2. The van der Waals surface area contributed by atoms with Crippen molar-refractivity contribution in [3.63, 3.8) is 0 Å². The normalized spacial score (nSPS) is 16.6. The maximum absolute atomic E-state index is 13.2. The van der Waals surface area contributed by atoms with Crippen LogP contribution in [0.5, 0.6) is 0 Å². The first kappa shape index (κ1) is 24.1. The molecule has 0 aromatic heterocycles. The summed E-state index contributed by atoms with van der Waals surface area (Å²) in [7, 11) is 0. The SMILES string of the molecule is CCN(CC)CCN1C(=O)C(O)=C(C(=O)C=Cc2ccccc2)C1c1ccc(Cl)c(Cl)c1. The Kier molecular flexibility index (Phi) is 8.13. The Hall–Kier alpha value is -2.60. The number of nitrogens with zero attached hydrogens (tertiary/aromatic N) is 2. The summed E-state index contributed by atoms with van der Waals surface area (Å²) in [4.78, 5) is 29.8. The van der Waals surface area contributed by atoms with E-state index in [1.54, 1.807) is 24.3 Å². The summed E-state index contributed by atoms with van der Waals surface area (Å²) in [5.74, 6) is -1.52. The highest BCUT2D eigenvalue weighted by atomic mass is 35.5. The number of carbonyl (C=O) groups excluding carboxylic acids is 2. The molecule has 32 heavy (non-hydrogen) atoms. The minimum Gasteiger partial charge on any atom is -0.503 e. The summed E-state index contributed by atoms with van der Waals surface area (Å²) in [6.45, 7) is 6.73. The molecule has 1 aliphatic heterocycles. The van der Waals surface area contributed by atoms with E-state index in [9.17, 15) is 14.7 Å². The Morgan fingerprint density at radius 2 is 1.78 bits per heavy atom. The van der Waals surface area contributed by atoms with Crippen molar-refractivity contribution in [2.75, 3.05) is 26.2 Å². The molecule has 0 fully saturated rings. The second-order valence-electron chi connectivity index (χ2n) is 7.47. The van der Waals surface area contributed by atoms with E-state index in [1.165, 1.54) is 11.0 Å². The predicted molar refractivity (Wildman–Crippen MR) is 129 cm³/mol. The fraction of sp³-hybridized carbons (Fsp3) is 0.280. The van der Waals surface area contributed by atoms with E-state index < -0.39 is 23.5 Å². The third-order valence-corrected chi connectivity index (χ3v) is 6.35. The highest BCUT2D eigenvalue weighted by Crippen LogP contribution is 2.39. The van der Waals surface area contributed by atoms with Crippen LogP contribution in [0, 0.1) is 0 Å². The lowest BCUT2D eigenvalue weighted by Gasteiger charge is -2.29. The zero-order valence-corrected chi connectivity index (χ0v) is 19.6. The van der Waals surface area contributed by atoms with Crippen LogP contribution in [0.2, 0.25) is 10.0 Å². The first-order chi connectivity index (χ1) is 15.4. The van der Waals surface area contributed by atoms with Crippen LogP contribution in [0.15, 0.2) is 65.9 Å². The number of allylic oxidation sites excluding steroid dienone is 1. The lowest BCUT2D eigenvalue weighted by atomic mass is 9.95. The number of amides is 1. The van der Waals surface area contributed by atoms with E-state index in [0.717, 1.165) is 18.7 Å². The van der Waals surface area contributed by atoms with Gasteiger partial charge < -0.3 is 14.9 Å². The lowest BCUT2D eigenvalue weighted by molar-refractivity contribution is -0.129. The number of hydrogen-bond acceptors (Lipinski definition) is 4. The standard InChI is InChI=1S/C25H26Cl2N2O3/c1-3-28(4-2)14-15-29-23(18-11-12-19(26)20(27)16-18)22(24(31)25(29)32)21(30)13-10-17-8-6-5-7-9-17/h5-13,16,23,31H,3-4,14-15H2,1-2H3. The number of aliphatic hydroxyl groups is 1. The summed E-state index contributed by atoms with van der Waals surface area (Å²) in [6, 6.07) is 13.6. The summed E-state index contributed by atoms with van der Waals surface area (Å²) in [5, 5.41) is 11.4. The van der Waals surface area contributed by atoms with Crippen molar-refractivity contribution in [3.8, 4) is 0 Å². The van der Waals surface area contributed by atoms with Crippen LogP contribution >= 0.6 is 23.2 Å². The smallest absolute Gasteiger partial charge is 0.290 e. The van der Waals surface area contributed by atoms with Gasteiger partial charge in [0.2, 0.25) is 0 Å². The van der Waals surface area contributed by atoms with Gasteiger partial charge in [-0.25, -0.2) is 0 Å². The van der Waals surface area contributed by atoms with Gasteiger partial charge in [-0.05, 0) is 42.4 Å². The molecule has 2 aromatic rings. The molecule has 0 saturated heterocycles. The van der Waals surface area contributed by atoms with Crippen LogP contribution in [-0.2, 0) is 9.59 Å². The molecule has 2 aromatic carbocycles. The van der Waals surface area contributed by atoms with Gasteiger partial charge in [-0.3, -0.25) is 9.59 Å². The molecular weight excluding hydrogens is 447 g/mol. The van der Waals surface area contributed by atoms with Crippen LogP contribution in [0.25, 0.3) is 6.08 Å². The first-order valence-corrected chi connectivity index (χ1v) is 11.3. The predicted octanol–water partition coefficient (Wildman–Crippen LogP) is 5.31. The molecule has 1 heterocycles. The number of likely N-dealkylation sites (N-methyl/N-ethyl adjacent to an activating group) is 1. The second kappa shape index (κ2) is 10.8. The van der Waals surface area contributed by atoms with Crippen molar-refractivity contribution in [1.82, 2.24) is 9.80 Å². The number of carbonyl (C=O) groups is 2. The van der Waals surface area contributed by atoms with Crippen LogP contribution in [0.1, 0.15) is 31.0 Å². The number of ketones is 1. The first-order valence-electron chi connectivity index (χ1n) is 10.6. The molecule has 0 saturated carbocycles. The second-order valence-corrected chi connectivity index (χ2v) is 8.29.